The van der Waals surface area contributed by atoms with Crippen LogP contribution in [0.25, 0.3) is 0 Å². The summed E-state index contributed by atoms with van der Waals surface area (Å²) in [6.07, 6.45) is 2.77. The molecule has 0 saturated heterocycles. The molecule has 8 heteroatoms. The number of ketones is 1. The Balaban J connectivity index is 4.59. The molecule has 0 aromatic rings. The zero-order valence-corrected chi connectivity index (χ0v) is 18.2. The number of Topliss-reactive ketones (excluding diaryl/α,β-unsaturated/α-hetero) is 1. The van der Waals surface area contributed by atoms with Gasteiger partial charge in [0.15, 0.2) is 5.78 Å². The fourth-order valence-electron chi connectivity index (χ4n) is 2.86. The number of unbranched alkanes of at least 4 members (excludes halogenated alkanes) is 1. The molecule has 0 bridgehead atoms. The maximum atomic E-state index is 12.4. The second kappa shape index (κ2) is 14.1. The Bertz CT molecular complexity index is 522. The molecular formula is C20H38N4O4. The van der Waals surface area contributed by atoms with Crippen LogP contribution in [0.2, 0.25) is 0 Å². The number of amides is 3. The van der Waals surface area contributed by atoms with Gasteiger partial charge in [-0.2, -0.15) is 0 Å². The monoisotopic (exact) mass is 398 g/mol. The van der Waals surface area contributed by atoms with Crippen molar-refractivity contribution >= 4 is 23.5 Å². The zero-order chi connectivity index (χ0) is 21.7. The Morgan fingerprint density at radius 3 is 2.11 bits per heavy atom. The molecule has 0 aliphatic heterocycles. The van der Waals surface area contributed by atoms with Gasteiger partial charge in [-0.05, 0) is 32.2 Å². The summed E-state index contributed by atoms with van der Waals surface area (Å²) in [5, 5.41) is 11.1. The van der Waals surface area contributed by atoms with Crippen molar-refractivity contribution in [2.45, 2.75) is 72.4 Å². The van der Waals surface area contributed by atoms with Crippen molar-refractivity contribution in [3.8, 4) is 0 Å². The summed E-state index contributed by atoms with van der Waals surface area (Å²) < 4.78 is 0. The number of nitrogens with one attached hydrogen (secondary N) is 4. The molecule has 28 heavy (non-hydrogen) atoms. The molecule has 0 fully saturated rings. The highest BCUT2D eigenvalue weighted by Gasteiger charge is 2.25. The third kappa shape index (κ3) is 10.4. The number of carbonyl (C=O) groups is 4. The van der Waals surface area contributed by atoms with E-state index in [2.05, 4.69) is 21.3 Å². The van der Waals surface area contributed by atoms with Gasteiger partial charge in [0.05, 0.1) is 18.6 Å². The van der Waals surface area contributed by atoms with Crippen molar-refractivity contribution in [3.63, 3.8) is 0 Å². The van der Waals surface area contributed by atoms with Crippen molar-refractivity contribution < 1.29 is 19.2 Å². The fourth-order valence-corrected chi connectivity index (χ4v) is 2.86. The SMILES string of the molecule is CC[C@H](C)C(NC)C(=O)NCC(=O)N[C@@H](CCCCNC(C)=O)C(=O)C(C)C. The van der Waals surface area contributed by atoms with E-state index in [-0.39, 0.29) is 47.9 Å². The highest BCUT2D eigenvalue weighted by Crippen LogP contribution is 2.09. The van der Waals surface area contributed by atoms with Gasteiger partial charge in [-0.1, -0.05) is 34.1 Å². The molecule has 0 spiro atoms. The molecule has 0 aliphatic carbocycles. The molecule has 8 nitrogen and oxygen atoms in total. The molecule has 0 rings (SSSR count). The van der Waals surface area contributed by atoms with Crippen LogP contribution in [0, 0.1) is 11.8 Å². The Kier molecular flexibility index (Phi) is 13.1. The van der Waals surface area contributed by atoms with E-state index in [1.165, 1.54) is 6.92 Å². The van der Waals surface area contributed by atoms with Gasteiger partial charge in [-0.15, -0.1) is 0 Å². The molecular weight excluding hydrogens is 360 g/mol. The van der Waals surface area contributed by atoms with Crippen LogP contribution in [0.15, 0.2) is 0 Å². The van der Waals surface area contributed by atoms with Crippen LogP contribution in [0.3, 0.4) is 0 Å². The van der Waals surface area contributed by atoms with E-state index in [4.69, 9.17) is 0 Å². The first-order chi connectivity index (χ1) is 13.1. The number of likely N-dealkylation sites (N-methyl/N-ethyl adjacent to an activating group) is 1. The summed E-state index contributed by atoms with van der Waals surface area (Å²) in [5.41, 5.74) is 0. The number of hydrogen-bond acceptors (Lipinski definition) is 5. The molecule has 3 amide bonds. The van der Waals surface area contributed by atoms with Gasteiger partial charge in [0.25, 0.3) is 0 Å². The first kappa shape index (κ1) is 26.0. The predicted octanol–water partition coefficient (Wildman–Crippen LogP) is 0.753. The van der Waals surface area contributed by atoms with E-state index < -0.39 is 6.04 Å². The van der Waals surface area contributed by atoms with Gasteiger partial charge >= 0.3 is 0 Å². The maximum Gasteiger partial charge on any atom is 0.239 e. The molecule has 0 aromatic carbocycles. The minimum atomic E-state index is -0.587. The van der Waals surface area contributed by atoms with Crippen molar-refractivity contribution in [1.29, 1.82) is 0 Å². The summed E-state index contributed by atoms with van der Waals surface area (Å²) in [6.45, 7) is 9.40. The van der Waals surface area contributed by atoms with Gasteiger partial charge in [0.1, 0.15) is 0 Å². The van der Waals surface area contributed by atoms with Crippen LogP contribution < -0.4 is 21.3 Å². The molecule has 0 aromatic heterocycles. The predicted molar refractivity (Wildman–Crippen MR) is 110 cm³/mol. The average Bonchev–Trinajstić information content (AvgIpc) is 2.64. The quantitative estimate of drug-likeness (QED) is 0.322. The molecule has 3 atom stereocenters. The maximum absolute atomic E-state index is 12.4. The lowest BCUT2D eigenvalue weighted by Gasteiger charge is -2.22. The van der Waals surface area contributed by atoms with Gasteiger partial charge in [-0.25, -0.2) is 0 Å². The molecule has 162 valence electrons. The molecule has 1 unspecified atom stereocenters. The van der Waals surface area contributed by atoms with Gasteiger partial charge in [0, 0.05) is 19.4 Å². The van der Waals surface area contributed by atoms with Gasteiger partial charge in [-0.3, -0.25) is 19.2 Å². The van der Waals surface area contributed by atoms with Crippen LogP contribution in [0.1, 0.15) is 60.3 Å². The number of hydrogen-bond donors (Lipinski definition) is 4. The smallest absolute Gasteiger partial charge is 0.239 e. The summed E-state index contributed by atoms with van der Waals surface area (Å²) in [7, 11) is 1.72. The second-order valence-corrected chi connectivity index (χ2v) is 7.53. The van der Waals surface area contributed by atoms with Crippen molar-refractivity contribution in [2.24, 2.45) is 11.8 Å². The second-order valence-electron chi connectivity index (χ2n) is 7.53. The first-order valence-electron chi connectivity index (χ1n) is 10.2. The summed E-state index contributed by atoms with van der Waals surface area (Å²) >= 11 is 0. The topological polar surface area (TPSA) is 116 Å². The lowest BCUT2D eigenvalue weighted by Crippen LogP contribution is -2.51. The zero-order valence-electron chi connectivity index (χ0n) is 18.2. The van der Waals surface area contributed by atoms with Crippen LogP contribution in [-0.4, -0.2) is 55.7 Å². The van der Waals surface area contributed by atoms with E-state index in [1.54, 1.807) is 20.9 Å². The summed E-state index contributed by atoms with van der Waals surface area (Å²) in [4.78, 5) is 47.8. The van der Waals surface area contributed by atoms with E-state index >= 15 is 0 Å². The van der Waals surface area contributed by atoms with Gasteiger partial charge in [0.2, 0.25) is 17.7 Å². The largest absolute Gasteiger partial charge is 0.356 e. The Morgan fingerprint density at radius 1 is 0.964 bits per heavy atom. The molecule has 0 aliphatic rings. The highest BCUT2D eigenvalue weighted by atomic mass is 16.2. The van der Waals surface area contributed by atoms with E-state index in [0.29, 0.717) is 19.4 Å². The number of carbonyl (C=O) groups excluding carboxylic acids is 4. The summed E-state index contributed by atoms with van der Waals surface area (Å²) in [6, 6.07) is -0.948. The normalized spacial score (nSPS) is 14.1. The Labute approximate surface area is 169 Å². The third-order valence-corrected chi connectivity index (χ3v) is 4.77. The molecule has 0 saturated carbocycles. The fraction of sp³-hybridized carbons (Fsp3) is 0.800. The standard InChI is InChI=1S/C20H38N4O4/c1-7-14(4)18(21-6)20(28)23-12-17(26)24-16(19(27)13(2)3)10-8-9-11-22-15(5)25/h13-14,16,18,21H,7-12H2,1-6H3,(H,22,25)(H,23,28)(H,24,26)/t14-,16-,18?/m0/s1. The number of rotatable bonds is 14. The highest BCUT2D eigenvalue weighted by molar-refractivity contribution is 5.92. The van der Waals surface area contributed by atoms with Crippen LogP contribution in [0.4, 0.5) is 0 Å². The minimum absolute atomic E-state index is 0.0353. The minimum Gasteiger partial charge on any atom is -0.356 e. The van der Waals surface area contributed by atoms with E-state index in [1.807, 2.05) is 13.8 Å². The Morgan fingerprint density at radius 2 is 1.61 bits per heavy atom. The van der Waals surface area contributed by atoms with E-state index in [0.717, 1.165) is 12.8 Å². The average molecular weight is 399 g/mol. The summed E-state index contributed by atoms with van der Waals surface area (Å²) in [5.74, 6) is -0.786. The van der Waals surface area contributed by atoms with Crippen LogP contribution >= 0.6 is 0 Å². The van der Waals surface area contributed by atoms with Gasteiger partial charge < -0.3 is 21.3 Å². The van der Waals surface area contributed by atoms with Crippen LogP contribution in [0.5, 0.6) is 0 Å². The first-order valence-corrected chi connectivity index (χ1v) is 10.2. The Hall–Kier alpha value is -1.96. The third-order valence-electron chi connectivity index (χ3n) is 4.77. The van der Waals surface area contributed by atoms with Crippen molar-refractivity contribution in [2.75, 3.05) is 20.1 Å². The molecule has 4 N–H and O–H groups in total. The van der Waals surface area contributed by atoms with Crippen molar-refractivity contribution in [1.82, 2.24) is 21.3 Å². The van der Waals surface area contributed by atoms with Crippen molar-refractivity contribution in [3.05, 3.63) is 0 Å². The van der Waals surface area contributed by atoms with Crippen LogP contribution in [-0.2, 0) is 19.2 Å². The molecule has 0 radical (unpaired) electrons. The lowest BCUT2D eigenvalue weighted by molar-refractivity contribution is -0.131. The lowest BCUT2D eigenvalue weighted by atomic mass is 9.97. The molecule has 0 heterocycles. The van der Waals surface area contributed by atoms with E-state index in [9.17, 15) is 19.2 Å².